The number of hydrogen-bond acceptors (Lipinski definition) is 4. The molecule has 1 aromatic carbocycles. The van der Waals surface area contributed by atoms with Crippen LogP contribution < -0.4 is 5.73 Å². The van der Waals surface area contributed by atoms with Gasteiger partial charge in [-0.05, 0) is 18.4 Å². The van der Waals surface area contributed by atoms with Crippen LogP contribution in [0.1, 0.15) is 25.3 Å². The van der Waals surface area contributed by atoms with Crippen molar-refractivity contribution in [1.82, 2.24) is 4.90 Å². The zero-order chi connectivity index (χ0) is 16.1. The molecule has 7 heteroatoms. The second kappa shape index (κ2) is 8.74. The molecule has 0 aromatic heterocycles. The number of benzene rings is 1. The maximum atomic E-state index is 12.3. The van der Waals surface area contributed by atoms with Gasteiger partial charge in [-0.15, -0.1) is 12.4 Å². The lowest BCUT2D eigenvalue weighted by atomic mass is 9.92. The lowest BCUT2D eigenvalue weighted by Crippen LogP contribution is -2.49. The molecular formula is C16H23ClN2O4. The molecule has 0 spiro atoms. The molecule has 0 aliphatic carbocycles. The fraction of sp³-hybridized carbons (Fsp3) is 0.500. The number of hydrogen-bond donors (Lipinski definition) is 2. The first-order chi connectivity index (χ1) is 10.5. The number of carboxylic acids is 1. The monoisotopic (exact) mass is 342 g/mol. The normalized spacial score (nSPS) is 21.4. The zero-order valence-electron chi connectivity index (χ0n) is 13.1. The molecule has 0 unspecified atom stereocenters. The summed E-state index contributed by atoms with van der Waals surface area (Å²) in [5.41, 5.74) is 6.91. The summed E-state index contributed by atoms with van der Waals surface area (Å²) in [6.45, 7) is 2.39. The highest BCUT2D eigenvalue weighted by molar-refractivity contribution is 5.85. The van der Waals surface area contributed by atoms with Gasteiger partial charge >= 0.3 is 12.1 Å². The number of ether oxygens (including phenoxy) is 1. The van der Waals surface area contributed by atoms with Gasteiger partial charge in [0.05, 0.1) is 12.0 Å². The molecule has 1 heterocycles. The first-order valence-corrected chi connectivity index (χ1v) is 7.50. The predicted molar refractivity (Wildman–Crippen MR) is 88.4 cm³/mol. The number of rotatable bonds is 5. The van der Waals surface area contributed by atoms with Gasteiger partial charge in [0.2, 0.25) is 0 Å². The Morgan fingerprint density at radius 2 is 2.04 bits per heavy atom. The second-order valence-corrected chi connectivity index (χ2v) is 5.53. The molecule has 0 bridgehead atoms. The van der Waals surface area contributed by atoms with Crippen molar-refractivity contribution >= 4 is 24.5 Å². The van der Waals surface area contributed by atoms with Gasteiger partial charge < -0.3 is 20.5 Å². The van der Waals surface area contributed by atoms with E-state index >= 15 is 0 Å². The molecule has 2 rings (SSSR count). The van der Waals surface area contributed by atoms with Crippen molar-refractivity contribution in [3.63, 3.8) is 0 Å². The second-order valence-electron chi connectivity index (χ2n) is 5.53. The van der Waals surface area contributed by atoms with E-state index in [1.54, 1.807) is 6.92 Å². The SMILES string of the molecule is CC[C@@H](C(=O)O)[C@@H]1[C@@H](N)CCN1C(=O)OCc1ccccc1.Cl. The average molecular weight is 343 g/mol. The first kappa shape index (κ1) is 19.3. The topological polar surface area (TPSA) is 92.9 Å². The van der Waals surface area contributed by atoms with Crippen LogP contribution in [0.2, 0.25) is 0 Å². The smallest absolute Gasteiger partial charge is 0.410 e. The van der Waals surface area contributed by atoms with Gasteiger partial charge in [-0.1, -0.05) is 37.3 Å². The molecule has 1 aliphatic rings. The van der Waals surface area contributed by atoms with Crippen molar-refractivity contribution in [2.75, 3.05) is 6.54 Å². The lowest BCUT2D eigenvalue weighted by Gasteiger charge is -2.30. The van der Waals surface area contributed by atoms with E-state index in [0.717, 1.165) is 5.56 Å². The Kier molecular flexibility index (Phi) is 7.32. The van der Waals surface area contributed by atoms with Crippen LogP contribution in [-0.2, 0) is 16.1 Å². The summed E-state index contributed by atoms with van der Waals surface area (Å²) < 4.78 is 5.30. The molecule has 3 N–H and O–H groups in total. The number of nitrogens with zero attached hydrogens (tertiary/aromatic N) is 1. The van der Waals surface area contributed by atoms with Crippen molar-refractivity contribution in [2.24, 2.45) is 11.7 Å². The van der Waals surface area contributed by atoms with E-state index < -0.39 is 24.0 Å². The van der Waals surface area contributed by atoms with Gasteiger partial charge in [0.25, 0.3) is 0 Å². The maximum Gasteiger partial charge on any atom is 0.410 e. The van der Waals surface area contributed by atoms with Gasteiger partial charge in [-0.3, -0.25) is 4.79 Å². The Morgan fingerprint density at radius 3 is 2.61 bits per heavy atom. The summed E-state index contributed by atoms with van der Waals surface area (Å²) in [6.07, 6.45) is 0.520. The number of carboxylic acid groups (broad SMARTS) is 1. The van der Waals surface area contributed by atoms with E-state index in [-0.39, 0.29) is 25.1 Å². The average Bonchev–Trinajstić information content (AvgIpc) is 2.88. The lowest BCUT2D eigenvalue weighted by molar-refractivity contribution is -0.143. The summed E-state index contributed by atoms with van der Waals surface area (Å²) in [6, 6.07) is 8.53. The van der Waals surface area contributed by atoms with E-state index in [4.69, 9.17) is 10.5 Å². The van der Waals surface area contributed by atoms with Gasteiger partial charge in [-0.25, -0.2) is 4.79 Å². The van der Waals surface area contributed by atoms with Gasteiger partial charge in [0.1, 0.15) is 6.61 Å². The van der Waals surface area contributed by atoms with Crippen LogP contribution in [0.3, 0.4) is 0 Å². The molecule has 6 nitrogen and oxygen atoms in total. The summed E-state index contributed by atoms with van der Waals surface area (Å²) in [7, 11) is 0. The van der Waals surface area contributed by atoms with E-state index in [1.807, 2.05) is 30.3 Å². The molecule has 0 saturated carbocycles. The van der Waals surface area contributed by atoms with Gasteiger partial charge in [0.15, 0.2) is 0 Å². The number of amides is 1. The first-order valence-electron chi connectivity index (χ1n) is 7.50. The van der Waals surface area contributed by atoms with E-state index in [2.05, 4.69) is 0 Å². The highest BCUT2D eigenvalue weighted by Gasteiger charge is 2.43. The number of carbonyl (C=O) groups is 2. The van der Waals surface area contributed by atoms with Crippen LogP contribution in [-0.4, -0.2) is 40.7 Å². The predicted octanol–water partition coefficient (Wildman–Crippen LogP) is 2.26. The Morgan fingerprint density at radius 1 is 1.39 bits per heavy atom. The minimum absolute atomic E-state index is 0. The minimum Gasteiger partial charge on any atom is -0.481 e. The Bertz CT molecular complexity index is 526. The molecule has 1 fully saturated rings. The highest BCUT2D eigenvalue weighted by Crippen LogP contribution is 2.26. The van der Waals surface area contributed by atoms with Crippen LogP contribution in [0.15, 0.2) is 30.3 Å². The number of likely N-dealkylation sites (tertiary alicyclic amines) is 1. The molecule has 3 atom stereocenters. The largest absolute Gasteiger partial charge is 0.481 e. The molecule has 1 amide bonds. The van der Waals surface area contributed by atoms with Crippen molar-refractivity contribution in [2.45, 2.75) is 38.5 Å². The quantitative estimate of drug-likeness (QED) is 0.856. The summed E-state index contributed by atoms with van der Waals surface area (Å²) in [5, 5.41) is 9.32. The third kappa shape index (κ3) is 4.59. The fourth-order valence-corrected chi connectivity index (χ4v) is 2.93. The zero-order valence-corrected chi connectivity index (χ0v) is 13.9. The number of nitrogens with two attached hydrogens (primary N) is 1. The van der Waals surface area contributed by atoms with Crippen molar-refractivity contribution in [1.29, 1.82) is 0 Å². The Labute approximate surface area is 142 Å². The Hall–Kier alpha value is -1.79. The highest BCUT2D eigenvalue weighted by atomic mass is 35.5. The third-order valence-corrected chi connectivity index (χ3v) is 4.11. The van der Waals surface area contributed by atoms with E-state index in [1.165, 1.54) is 4.90 Å². The summed E-state index contributed by atoms with van der Waals surface area (Å²) >= 11 is 0. The number of halogens is 1. The van der Waals surface area contributed by atoms with Crippen molar-refractivity contribution < 1.29 is 19.4 Å². The number of carbonyl (C=O) groups excluding carboxylic acids is 1. The van der Waals surface area contributed by atoms with Crippen molar-refractivity contribution in [3.05, 3.63) is 35.9 Å². The summed E-state index contributed by atoms with van der Waals surface area (Å²) in [4.78, 5) is 25.1. The van der Waals surface area contributed by atoms with Crippen LogP contribution in [0.5, 0.6) is 0 Å². The van der Waals surface area contributed by atoms with E-state index in [9.17, 15) is 14.7 Å². The Balaban J connectivity index is 0.00000264. The molecule has 128 valence electrons. The minimum atomic E-state index is -0.925. The molecular weight excluding hydrogens is 320 g/mol. The fourth-order valence-electron chi connectivity index (χ4n) is 2.93. The third-order valence-electron chi connectivity index (χ3n) is 4.11. The standard InChI is InChI=1S/C16H22N2O4.ClH/c1-2-12(15(19)20)14-13(17)8-9-18(14)16(21)22-10-11-6-4-3-5-7-11;/h3-7,12-14H,2,8-10,17H2,1H3,(H,19,20);1H/t12-,13+,14-;/m1./s1. The molecule has 0 radical (unpaired) electrons. The molecule has 1 aliphatic heterocycles. The van der Waals surface area contributed by atoms with Crippen LogP contribution in [0.25, 0.3) is 0 Å². The van der Waals surface area contributed by atoms with Crippen molar-refractivity contribution in [3.8, 4) is 0 Å². The maximum absolute atomic E-state index is 12.3. The van der Waals surface area contributed by atoms with Crippen LogP contribution in [0.4, 0.5) is 4.79 Å². The molecule has 23 heavy (non-hydrogen) atoms. The summed E-state index contributed by atoms with van der Waals surface area (Å²) in [5.74, 6) is -1.59. The number of aliphatic carboxylic acids is 1. The van der Waals surface area contributed by atoms with Crippen LogP contribution in [0, 0.1) is 5.92 Å². The van der Waals surface area contributed by atoms with E-state index in [0.29, 0.717) is 19.4 Å². The molecule has 1 aromatic rings. The molecule has 1 saturated heterocycles. The van der Waals surface area contributed by atoms with Gasteiger partial charge in [-0.2, -0.15) is 0 Å². The van der Waals surface area contributed by atoms with Gasteiger partial charge in [0, 0.05) is 12.6 Å². The van der Waals surface area contributed by atoms with Crippen LogP contribution >= 0.6 is 12.4 Å².